The van der Waals surface area contributed by atoms with Gasteiger partial charge in [0.2, 0.25) is 5.95 Å². The molecular weight excluding hydrogens is 226 g/mol. The zero-order valence-corrected chi connectivity index (χ0v) is 7.27. The Labute approximate surface area is 81.1 Å². The molecule has 0 aliphatic carbocycles. The molecule has 0 saturated heterocycles. The molecule has 0 aliphatic rings. The summed E-state index contributed by atoms with van der Waals surface area (Å²) >= 11 is 5.30. The molecule has 2 nitrogen and oxygen atoms in total. The number of aliphatic hydroxyl groups excluding tert-OH is 1. The van der Waals surface area contributed by atoms with E-state index in [-0.39, 0.29) is 5.02 Å². The van der Waals surface area contributed by atoms with Gasteiger partial charge in [-0.1, -0.05) is 11.6 Å². The summed E-state index contributed by atoms with van der Waals surface area (Å²) in [6.07, 6.45) is -7.00. The lowest BCUT2D eigenvalue weighted by Crippen LogP contribution is -2.21. The third kappa shape index (κ3) is 2.33. The lowest BCUT2D eigenvalue weighted by Gasteiger charge is -2.14. The van der Waals surface area contributed by atoms with Crippen molar-refractivity contribution in [3.05, 3.63) is 28.8 Å². The van der Waals surface area contributed by atoms with Crippen LogP contribution in [-0.2, 0) is 0 Å². The number of aliphatic hydroxyl groups is 1. The van der Waals surface area contributed by atoms with Crippen LogP contribution >= 0.6 is 11.6 Å². The van der Waals surface area contributed by atoms with Crippen molar-refractivity contribution in [1.82, 2.24) is 4.98 Å². The van der Waals surface area contributed by atoms with Gasteiger partial charge < -0.3 is 5.11 Å². The largest absolute Gasteiger partial charge is 0.418 e. The van der Waals surface area contributed by atoms with E-state index in [2.05, 4.69) is 4.98 Å². The first kappa shape index (κ1) is 11.2. The average Bonchev–Trinajstić information content (AvgIpc) is 2.06. The Kier molecular flexibility index (Phi) is 2.96. The average molecular weight is 230 g/mol. The predicted octanol–water partition coefficient (Wildman–Crippen LogP) is 2.47. The van der Waals surface area contributed by atoms with Crippen LogP contribution in [0.4, 0.5) is 17.6 Å². The SMILES string of the molecule is O[C@@H](c1cc(Cl)cnc1F)C(F)(F)F. The molecule has 0 unspecified atom stereocenters. The van der Waals surface area contributed by atoms with Gasteiger partial charge in [0.05, 0.1) is 5.02 Å². The summed E-state index contributed by atoms with van der Waals surface area (Å²) < 4.78 is 48.6. The minimum Gasteiger partial charge on any atom is -0.379 e. The third-order valence-corrected chi connectivity index (χ3v) is 1.64. The van der Waals surface area contributed by atoms with Crippen LogP contribution in [0.15, 0.2) is 12.3 Å². The number of hydrogen-bond donors (Lipinski definition) is 1. The number of aromatic nitrogens is 1. The molecule has 1 atom stereocenters. The summed E-state index contributed by atoms with van der Waals surface area (Å²) in [7, 11) is 0. The Morgan fingerprint density at radius 2 is 2.00 bits per heavy atom. The molecular formula is C7H4ClF4NO. The Balaban J connectivity index is 3.12. The van der Waals surface area contributed by atoms with Crippen LogP contribution in [0.3, 0.4) is 0 Å². The van der Waals surface area contributed by atoms with Crippen molar-refractivity contribution in [2.75, 3.05) is 0 Å². The molecule has 1 aromatic heterocycles. The summed E-state index contributed by atoms with van der Waals surface area (Å²) in [6.45, 7) is 0. The Morgan fingerprint density at radius 3 is 2.50 bits per heavy atom. The third-order valence-electron chi connectivity index (χ3n) is 1.44. The highest BCUT2D eigenvalue weighted by atomic mass is 35.5. The lowest BCUT2D eigenvalue weighted by atomic mass is 10.1. The normalized spacial score (nSPS) is 14.1. The zero-order valence-electron chi connectivity index (χ0n) is 6.52. The fraction of sp³-hybridized carbons (Fsp3) is 0.286. The monoisotopic (exact) mass is 229 g/mol. The maximum atomic E-state index is 12.7. The quantitative estimate of drug-likeness (QED) is 0.593. The van der Waals surface area contributed by atoms with Crippen molar-refractivity contribution in [3.63, 3.8) is 0 Å². The second-order valence-corrected chi connectivity index (χ2v) is 2.91. The fourth-order valence-electron chi connectivity index (χ4n) is 0.806. The second-order valence-electron chi connectivity index (χ2n) is 2.48. The first-order valence-corrected chi connectivity index (χ1v) is 3.76. The molecule has 0 bridgehead atoms. The minimum atomic E-state index is -4.94. The number of halogens is 5. The highest BCUT2D eigenvalue weighted by molar-refractivity contribution is 6.30. The standard InChI is InChI=1S/C7H4ClF4NO/c8-3-1-4(6(9)13-2-3)5(14)7(10,11)12/h1-2,5,14H/t5-/m0/s1. The smallest absolute Gasteiger partial charge is 0.379 e. The first-order chi connectivity index (χ1) is 6.32. The van der Waals surface area contributed by atoms with Gasteiger partial charge in [-0.2, -0.15) is 17.6 Å². The summed E-state index contributed by atoms with van der Waals surface area (Å²) in [5.41, 5.74) is -0.981. The van der Waals surface area contributed by atoms with Gasteiger partial charge in [-0.15, -0.1) is 0 Å². The number of pyridine rings is 1. The van der Waals surface area contributed by atoms with E-state index in [1.165, 1.54) is 0 Å². The summed E-state index contributed by atoms with van der Waals surface area (Å²) in [4.78, 5) is 2.95. The van der Waals surface area contributed by atoms with E-state index < -0.39 is 23.8 Å². The van der Waals surface area contributed by atoms with E-state index in [0.717, 1.165) is 6.20 Å². The Morgan fingerprint density at radius 1 is 1.43 bits per heavy atom. The van der Waals surface area contributed by atoms with E-state index in [0.29, 0.717) is 6.07 Å². The van der Waals surface area contributed by atoms with Crippen molar-refractivity contribution >= 4 is 11.6 Å². The van der Waals surface area contributed by atoms with E-state index in [1.54, 1.807) is 0 Å². The first-order valence-electron chi connectivity index (χ1n) is 3.38. The van der Waals surface area contributed by atoms with Crippen LogP contribution in [0.1, 0.15) is 11.7 Å². The number of alkyl halides is 3. The van der Waals surface area contributed by atoms with Gasteiger partial charge in [0.1, 0.15) is 0 Å². The molecule has 1 aromatic rings. The minimum absolute atomic E-state index is 0.176. The van der Waals surface area contributed by atoms with Gasteiger partial charge in [0, 0.05) is 11.8 Å². The topological polar surface area (TPSA) is 33.1 Å². The molecule has 0 amide bonds. The highest BCUT2D eigenvalue weighted by Gasteiger charge is 2.41. The molecule has 1 N–H and O–H groups in total. The Bertz CT molecular complexity index is 341. The number of nitrogens with zero attached hydrogens (tertiary/aromatic N) is 1. The van der Waals surface area contributed by atoms with Crippen LogP contribution in [-0.4, -0.2) is 16.3 Å². The summed E-state index contributed by atoms with van der Waals surface area (Å²) in [5, 5.41) is 8.52. The van der Waals surface area contributed by atoms with Crippen molar-refractivity contribution in [1.29, 1.82) is 0 Å². The van der Waals surface area contributed by atoms with Crippen LogP contribution in [0, 0.1) is 5.95 Å². The fourth-order valence-corrected chi connectivity index (χ4v) is 0.973. The van der Waals surface area contributed by atoms with Gasteiger partial charge in [-0.3, -0.25) is 0 Å². The summed E-state index contributed by atoms with van der Waals surface area (Å²) in [6, 6.07) is 0.683. The van der Waals surface area contributed by atoms with Crippen LogP contribution in [0.2, 0.25) is 5.02 Å². The molecule has 0 radical (unpaired) electrons. The van der Waals surface area contributed by atoms with E-state index in [9.17, 15) is 17.6 Å². The number of rotatable bonds is 1. The molecule has 0 aromatic carbocycles. The van der Waals surface area contributed by atoms with Crippen molar-refractivity contribution < 1.29 is 22.7 Å². The van der Waals surface area contributed by atoms with Crippen molar-refractivity contribution in [3.8, 4) is 0 Å². The Hall–Kier alpha value is -0.880. The van der Waals surface area contributed by atoms with Gasteiger partial charge >= 0.3 is 6.18 Å². The van der Waals surface area contributed by atoms with Crippen LogP contribution < -0.4 is 0 Å². The molecule has 0 saturated carbocycles. The maximum Gasteiger partial charge on any atom is 0.418 e. The predicted molar refractivity (Wildman–Crippen MR) is 40.2 cm³/mol. The molecule has 1 heterocycles. The van der Waals surface area contributed by atoms with Gasteiger partial charge in [-0.25, -0.2) is 4.98 Å². The molecule has 0 aliphatic heterocycles. The molecule has 14 heavy (non-hydrogen) atoms. The molecule has 1 rings (SSSR count). The van der Waals surface area contributed by atoms with Crippen molar-refractivity contribution in [2.24, 2.45) is 0 Å². The van der Waals surface area contributed by atoms with Crippen molar-refractivity contribution in [2.45, 2.75) is 12.3 Å². The highest BCUT2D eigenvalue weighted by Crippen LogP contribution is 2.33. The van der Waals surface area contributed by atoms with E-state index in [4.69, 9.17) is 16.7 Å². The molecule has 7 heteroatoms. The number of hydrogen-bond acceptors (Lipinski definition) is 2. The molecule has 0 fully saturated rings. The van der Waals surface area contributed by atoms with E-state index >= 15 is 0 Å². The van der Waals surface area contributed by atoms with Crippen LogP contribution in [0.5, 0.6) is 0 Å². The molecule has 78 valence electrons. The van der Waals surface area contributed by atoms with E-state index in [1.807, 2.05) is 0 Å². The van der Waals surface area contributed by atoms with Gasteiger partial charge in [0.25, 0.3) is 0 Å². The summed E-state index contributed by atoms with van der Waals surface area (Å²) in [5.74, 6) is -1.39. The zero-order chi connectivity index (χ0) is 10.9. The second kappa shape index (κ2) is 3.70. The molecule has 0 spiro atoms. The van der Waals surface area contributed by atoms with Crippen LogP contribution in [0.25, 0.3) is 0 Å². The maximum absolute atomic E-state index is 12.7. The van der Waals surface area contributed by atoms with Gasteiger partial charge in [0.15, 0.2) is 6.10 Å². The lowest BCUT2D eigenvalue weighted by molar-refractivity contribution is -0.207. The van der Waals surface area contributed by atoms with Gasteiger partial charge in [-0.05, 0) is 6.07 Å².